The highest BCUT2D eigenvalue weighted by Gasteiger charge is 2.30. The van der Waals surface area contributed by atoms with Gasteiger partial charge in [0.05, 0.1) is 30.2 Å². The van der Waals surface area contributed by atoms with E-state index in [4.69, 9.17) is 11.6 Å². The summed E-state index contributed by atoms with van der Waals surface area (Å²) in [5.74, 6) is -0.480. The Morgan fingerprint density at radius 2 is 1.93 bits per heavy atom. The maximum atomic E-state index is 12.6. The van der Waals surface area contributed by atoms with E-state index in [0.29, 0.717) is 42.2 Å². The number of hydrogen-bond donors (Lipinski definition) is 1. The minimum absolute atomic E-state index is 0. The summed E-state index contributed by atoms with van der Waals surface area (Å²) in [5, 5.41) is 0.219. The molecule has 2 aromatic rings. The van der Waals surface area contributed by atoms with Crippen molar-refractivity contribution in [1.82, 2.24) is 9.71 Å². The van der Waals surface area contributed by atoms with E-state index in [-0.39, 0.29) is 31.4 Å². The van der Waals surface area contributed by atoms with Crippen LogP contribution in [0.25, 0.3) is 0 Å². The molecule has 0 bridgehead atoms. The van der Waals surface area contributed by atoms with E-state index in [2.05, 4.69) is 19.3 Å². The van der Waals surface area contributed by atoms with Gasteiger partial charge in [-0.25, -0.2) is 17.9 Å². The van der Waals surface area contributed by atoms with Crippen molar-refractivity contribution >= 4 is 58.1 Å². The minimum Gasteiger partial charge on any atom is -0.465 e. The standard InChI is InChI=1S/C19H22ClN3O4S.2ClH/c1-27-19(24)14-5-6-16(21-12-14)13-22-28(25,26)18-7-9-23(10-8-18)17-4-2-3-15(20)11-17;;/h2-6,11-12,18,22H,7-10,13H2,1H3;2*1H. The Kier molecular flexibility index (Phi) is 10.3. The van der Waals surface area contributed by atoms with Crippen molar-refractivity contribution in [3.8, 4) is 0 Å². The van der Waals surface area contributed by atoms with Gasteiger partial charge in [0.25, 0.3) is 0 Å². The number of hydrogen-bond acceptors (Lipinski definition) is 6. The van der Waals surface area contributed by atoms with Crippen molar-refractivity contribution < 1.29 is 17.9 Å². The van der Waals surface area contributed by atoms with E-state index >= 15 is 0 Å². The summed E-state index contributed by atoms with van der Waals surface area (Å²) in [6, 6.07) is 10.7. The van der Waals surface area contributed by atoms with Crippen LogP contribution in [0.2, 0.25) is 5.02 Å². The number of ether oxygens (including phenoxy) is 1. The molecule has 11 heteroatoms. The van der Waals surface area contributed by atoms with E-state index in [1.165, 1.54) is 13.3 Å². The van der Waals surface area contributed by atoms with Gasteiger partial charge in [-0.2, -0.15) is 0 Å². The predicted octanol–water partition coefficient (Wildman–Crippen LogP) is 3.45. The first-order chi connectivity index (χ1) is 13.4. The molecule has 0 aliphatic carbocycles. The van der Waals surface area contributed by atoms with Crippen molar-refractivity contribution in [2.75, 3.05) is 25.1 Å². The van der Waals surface area contributed by atoms with Gasteiger partial charge in [0.15, 0.2) is 0 Å². The number of nitrogens with zero attached hydrogens (tertiary/aromatic N) is 2. The first kappa shape index (κ1) is 26.5. The molecular weight excluding hydrogens is 473 g/mol. The van der Waals surface area contributed by atoms with Crippen LogP contribution in [-0.2, 0) is 21.3 Å². The molecule has 1 aliphatic heterocycles. The molecule has 7 nitrogen and oxygen atoms in total. The second-order valence-corrected chi connectivity index (χ2v) is 9.04. The number of anilines is 1. The number of aromatic nitrogens is 1. The summed E-state index contributed by atoms with van der Waals surface area (Å²) in [4.78, 5) is 17.7. The van der Waals surface area contributed by atoms with Gasteiger partial charge in [-0.1, -0.05) is 17.7 Å². The number of sulfonamides is 1. The zero-order valence-corrected chi connectivity index (χ0v) is 19.5. The van der Waals surface area contributed by atoms with Crippen molar-refractivity contribution in [3.05, 3.63) is 58.9 Å². The monoisotopic (exact) mass is 495 g/mol. The van der Waals surface area contributed by atoms with Crippen molar-refractivity contribution in [3.63, 3.8) is 0 Å². The lowest BCUT2D eigenvalue weighted by atomic mass is 10.1. The lowest BCUT2D eigenvalue weighted by Crippen LogP contribution is -2.43. The van der Waals surface area contributed by atoms with Gasteiger partial charge in [-0.05, 0) is 43.2 Å². The molecule has 0 atom stereocenters. The number of methoxy groups -OCH3 is 1. The molecule has 1 aromatic carbocycles. The van der Waals surface area contributed by atoms with E-state index in [1.54, 1.807) is 12.1 Å². The average Bonchev–Trinajstić information content (AvgIpc) is 2.72. The number of esters is 1. The number of piperidine rings is 1. The fourth-order valence-corrected chi connectivity index (χ4v) is 4.76. The zero-order chi connectivity index (χ0) is 20.1. The van der Waals surface area contributed by atoms with Crippen LogP contribution in [-0.4, -0.2) is 44.8 Å². The number of carbonyl (C=O) groups excluding carboxylic acids is 1. The summed E-state index contributed by atoms with van der Waals surface area (Å²) in [6.45, 7) is 1.38. The second kappa shape index (κ2) is 11.7. The Morgan fingerprint density at radius 1 is 1.23 bits per heavy atom. The molecule has 3 rings (SSSR count). The van der Waals surface area contributed by atoms with Crippen LogP contribution in [0.1, 0.15) is 28.9 Å². The van der Waals surface area contributed by atoms with Gasteiger partial charge in [-0.3, -0.25) is 4.98 Å². The van der Waals surface area contributed by atoms with E-state index in [9.17, 15) is 13.2 Å². The quantitative estimate of drug-likeness (QED) is 0.616. The van der Waals surface area contributed by atoms with Gasteiger partial charge in [-0.15, -0.1) is 24.8 Å². The molecule has 1 aromatic heterocycles. The predicted molar refractivity (Wildman–Crippen MR) is 123 cm³/mol. The van der Waals surface area contributed by atoms with Gasteiger partial charge in [0, 0.05) is 30.0 Å². The van der Waals surface area contributed by atoms with Gasteiger partial charge < -0.3 is 9.64 Å². The number of halogens is 3. The van der Waals surface area contributed by atoms with Crippen LogP contribution in [0.4, 0.5) is 5.69 Å². The number of pyridine rings is 1. The fourth-order valence-electron chi connectivity index (χ4n) is 3.16. The van der Waals surface area contributed by atoms with Crippen LogP contribution in [0.15, 0.2) is 42.6 Å². The van der Waals surface area contributed by atoms with Crippen LogP contribution < -0.4 is 9.62 Å². The average molecular weight is 497 g/mol. The fraction of sp³-hybridized carbons (Fsp3) is 0.368. The molecule has 1 saturated heterocycles. The molecule has 0 amide bonds. The summed E-state index contributed by atoms with van der Waals surface area (Å²) in [5.41, 5.74) is 1.86. The summed E-state index contributed by atoms with van der Waals surface area (Å²) >= 11 is 6.04. The van der Waals surface area contributed by atoms with E-state index < -0.39 is 21.2 Å². The van der Waals surface area contributed by atoms with E-state index in [1.807, 2.05) is 24.3 Å². The lowest BCUT2D eigenvalue weighted by molar-refractivity contribution is 0.0600. The third kappa shape index (κ3) is 6.72. The molecule has 0 saturated carbocycles. The Morgan fingerprint density at radius 3 is 2.50 bits per heavy atom. The maximum absolute atomic E-state index is 12.6. The number of nitrogens with one attached hydrogen (secondary N) is 1. The second-order valence-electron chi connectivity index (χ2n) is 6.56. The molecule has 0 radical (unpaired) electrons. The summed E-state index contributed by atoms with van der Waals surface area (Å²) in [7, 11) is -2.17. The molecule has 0 spiro atoms. The maximum Gasteiger partial charge on any atom is 0.339 e. The number of rotatable bonds is 6. The number of carbonyl (C=O) groups is 1. The van der Waals surface area contributed by atoms with E-state index in [0.717, 1.165) is 5.69 Å². The Bertz CT molecular complexity index is 934. The normalized spacial score (nSPS) is 14.4. The molecule has 0 unspecified atom stereocenters. The Balaban J connectivity index is 0.00000225. The third-order valence-corrected chi connectivity index (χ3v) is 6.89. The first-order valence-electron chi connectivity index (χ1n) is 8.91. The molecule has 1 N–H and O–H groups in total. The third-order valence-electron chi connectivity index (χ3n) is 4.75. The Hall–Kier alpha value is -1.58. The van der Waals surface area contributed by atoms with Crippen LogP contribution in [0, 0.1) is 0 Å². The summed E-state index contributed by atoms with van der Waals surface area (Å²) in [6.07, 6.45) is 2.45. The first-order valence-corrected chi connectivity index (χ1v) is 10.8. The SMILES string of the molecule is COC(=O)c1ccc(CNS(=O)(=O)C2CCN(c3cccc(Cl)c3)CC2)nc1.Cl.Cl. The van der Waals surface area contributed by atoms with Gasteiger partial charge in [0.1, 0.15) is 0 Å². The summed E-state index contributed by atoms with van der Waals surface area (Å²) < 4.78 is 32.5. The van der Waals surface area contributed by atoms with Gasteiger partial charge >= 0.3 is 5.97 Å². The molecule has 30 heavy (non-hydrogen) atoms. The van der Waals surface area contributed by atoms with Crippen LogP contribution in [0.3, 0.4) is 0 Å². The zero-order valence-electron chi connectivity index (χ0n) is 16.3. The van der Waals surface area contributed by atoms with Crippen molar-refractivity contribution in [2.24, 2.45) is 0 Å². The lowest BCUT2D eigenvalue weighted by Gasteiger charge is -2.33. The van der Waals surface area contributed by atoms with Gasteiger partial charge in [0.2, 0.25) is 10.0 Å². The topological polar surface area (TPSA) is 88.6 Å². The van der Waals surface area contributed by atoms with Crippen molar-refractivity contribution in [2.45, 2.75) is 24.6 Å². The molecule has 1 aliphatic rings. The highest BCUT2D eigenvalue weighted by atomic mass is 35.5. The molecule has 166 valence electrons. The van der Waals surface area contributed by atoms with Crippen molar-refractivity contribution in [1.29, 1.82) is 0 Å². The number of benzene rings is 1. The Labute approximate surface area is 194 Å². The minimum atomic E-state index is -3.46. The molecule has 1 fully saturated rings. The molecular formula is C19H24Cl3N3O4S. The highest BCUT2D eigenvalue weighted by molar-refractivity contribution is 7.90. The van der Waals surface area contributed by atoms with Crippen LogP contribution in [0.5, 0.6) is 0 Å². The highest BCUT2D eigenvalue weighted by Crippen LogP contribution is 2.25. The molecule has 2 heterocycles. The smallest absolute Gasteiger partial charge is 0.339 e. The largest absolute Gasteiger partial charge is 0.465 e. The van der Waals surface area contributed by atoms with Crippen LogP contribution >= 0.6 is 36.4 Å².